The van der Waals surface area contributed by atoms with E-state index in [0.29, 0.717) is 12.1 Å². The Morgan fingerprint density at radius 1 is 1.65 bits per heavy atom. The van der Waals surface area contributed by atoms with Crippen LogP contribution in [0.15, 0.2) is 10.9 Å². The molecule has 96 valence electrons. The summed E-state index contributed by atoms with van der Waals surface area (Å²) in [6, 6.07) is 0.928. The number of ether oxygens (including phenoxy) is 1. The molecule has 0 radical (unpaired) electrons. The van der Waals surface area contributed by atoms with Gasteiger partial charge in [-0.15, -0.1) is 0 Å². The summed E-state index contributed by atoms with van der Waals surface area (Å²) in [5, 5.41) is 10.7. The Morgan fingerprint density at radius 3 is 3.29 bits per heavy atom. The molecule has 0 aliphatic carbocycles. The van der Waals surface area contributed by atoms with Gasteiger partial charge < -0.3 is 19.9 Å². The molecule has 0 amide bonds. The van der Waals surface area contributed by atoms with Gasteiger partial charge in [0.05, 0.1) is 13.2 Å². The van der Waals surface area contributed by atoms with Crippen molar-refractivity contribution in [3.8, 4) is 0 Å². The van der Waals surface area contributed by atoms with Gasteiger partial charge in [-0.25, -0.2) is 0 Å². The van der Waals surface area contributed by atoms with E-state index in [1.165, 1.54) is 6.39 Å². The normalized spacial score (nSPS) is 22.5. The lowest BCUT2D eigenvalue weighted by Crippen LogP contribution is -2.45. The van der Waals surface area contributed by atoms with E-state index >= 15 is 0 Å². The van der Waals surface area contributed by atoms with Crippen LogP contribution in [0.5, 0.6) is 0 Å². The molecule has 1 fully saturated rings. The van der Waals surface area contributed by atoms with Crippen LogP contribution in [-0.2, 0) is 11.2 Å². The van der Waals surface area contributed by atoms with Crippen LogP contribution in [0.4, 0.5) is 0 Å². The van der Waals surface area contributed by atoms with E-state index in [1.807, 2.05) is 0 Å². The number of rotatable bonds is 6. The fourth-order valence-corrected chi connectivity index (χ4v) is 2.01. The zero-order chi connectivity index (χ0) is 11.9. The van der Waals surface area contributed by atoms with Crippen LogP contribution in [0, 0.1) is 0 Å². The maximum Gasteiger partial charge on any atom is 0.213 e. The maximum absolute atomic E-state index is 5.42. The molecule has 2 rings (SSSR count). The highest BCUT2D eigenvalue weighted by molar-refractivity contribution is 4.80. The van der Waals surface area contributed by atoms with Crippen molar-refractivity contribution in [3.63, 3.8) is 0 Å². The zero-order valence-electron chi connectivity index (χ0n) is 10.2. The van der Waals surface area contributed by atoms with Gasteiger partial charge in [-0.2, -0.15) is 4.98 Å². The summed E-state index contributed by atoms with van der Waals surface area (Å²) in [6.07, 6.45) is 3.24. The van der Waals surface area contributed by atoms with E-state index in [0.717, 1.165) is 45.0 Å². The molecule has 1 aromatic heterocycles. The summed E-state index contributed by atoms with van der Waals surface area (Å²) in [5.74, 6) is 0.754. The SMILES string of the molecule is CC(CC1COCCN1)NCCc1ncon1. The molecule has 0 spiro atoms. The van der Waals surface area contributed by atoms with Gasteiger partial charge in [-0.3, -0.25) is 0 Å². The molecule has 0 saturated carbocycles. The average molecular weight is 240 g/mol. The Labute approximate surface area is 101 Å². The molecule has 0 aromatic carbocycles. The molecule has 6 heteroatoms. The van der Waals surface area contributed by atoms with Crippen molar-refractivity contribution in [3.05, 3.63) is 12.2 Å². The highest BCUT2D eigenvalue weighted by atomic mass is 16.5. The number of hydrogen-bond acceptors (Lipinski definition) is 6. The number of aromatic nitrogens is 2. The molecule has 2 heterocycles. The standard InChI is InChI=1S/C11H20N4O2/c1-9(6-10-7-16-5-4-13-10)12-3-2-11-14-8-17-15-11/h8-10,12-13H,2-7H2,1H3. The summed E-state index contributed by atoms with van der Waals surface area (Å²) < 4.78 is 10.1. The van der Waals surface area contributed by atoms with Crippen molar-refractivity contribution >= 4 is 0 Å². The van der Waals surface area contributed by atoms with Crippen molar-refractivity contribution in [1.29, 1.82) is 0 Å². The lowest BCUT2D eigenvalue weighted by atomic mass is 10.1. The van der Waals surface area contributed by atoms with E-state index < -0.39 is 0 Å². The summed E-state index contributed by atoms with van der Waals surface area (Å²) in [5.41, 5.74) is 0. The first kappa shape index (κ1) is 12.5. The van der Waals surface area contributed by atoms with Crippen LogP contribution in [-0.4, -0.2) is 48.5 Å². The van der Waals surface area contributed by atoms with Crippen molar-refractivity contribution in [2.75, 3.05) is 26.3 Å². The van der Waals surface area contributed by atoms with Crippen molar-refractivity contribution in [2.45, 2.75) is 31.8 Å². The molecule has 6 nitrogen and oxygen atoms in total. The van der Waals surface area contributed by atoms with Crippen molar-refractivity contribution in [2.24, 2.45) is 0 Å². The lowest BCUT2D eigenvalue weighted by molar-refractivity contribution is 0.0713. The summed E-state index contributed by atoms with van der Waals surface area (Å²) in [6.45, 7) is 5.66. The van der Waals surface area contributed by atoms with Crippen LogP contribution < -0.4 is 10.6 Å². The molecule has 17 heavy (non-hydrogen) atoms. The summed E-state index contributed by atoms with van der Waals surface area (Å²) in [7, 11) is 0. The molecule has 2 N–H and O–H groups in total. The van der Waals surface area contributed by atoms with Gasteiger partial charge in [-0.1, -0.05) is 5.16 Å². The fraction of sp³-hybridized carbons (Fsp3) is 0.818. The molecular formula is C11H20N4O2. The first-order chi connectivity index (χ1) is 8.34. The van der Waals surface area contributed by atoms with Gasteiger partial charge >= 0.3 is 0 Å². The van der Waals surface area contributed by atoms with Gasteiger partial charge in [0.15, 0.2) is 5.82 Å². The van der Waals surface area contributed by atoms with Gasteiger partial charge in [0.2, 0.25) is 6.39 Å². The molecule has 1 aromatic rings. The Balaban J connectivity index is 1.58. The second-order valence-electron chi connectivity index (χ2n) is 4.41. The minimum Gasteiger partial charge on any atom is -0.379 e. The van der Waals surface area contributed by atoms with E-state index in [2.05, 4.69) is 32.2 Å². The molecule has 1 saturated heterocycles. The smallest absolute Gasteiger partial charge is 0.213 e. The van der Waals surface area contributed by atoms with Gasteiger partial charge in [0.1, 0.15) is 0 Å². The molecule has 2 unspecified atom stereocenters. The Bertz CT molecular complexity index is 298. The molecule has 0 bridgehead atoms. The topological polar surface area (TPSA) is 72.2 Å². The van der Waals surface area contributed by atoms with E-state index in [9.17, 15) is 0 Å². The van der Waals surface area contributed by atoms with Crippen LogP contribution >= 0.6 is 0 Å². The van der Waals surface area contributed by atoms with Gasteiger partial charge in [-0.05, 0) is 13.3 Å². The average Bonchev–Trinajstić information content (AvgIpc) is 2.83. The number of morpholine rings is 1. The second kappa shape index (κ2) is 6.68. The highest BCUT2D eigenvalue weighted by Gasteiger charge is 2.15. The number of hydrogen-bond donors (Lipinski definition) is 2. The van der Waals surface area contributed by atoms with Gasteiger partial charge in [0, 0.05) is 31.6 Å². The molecule has 2 atom stereocenters. The second-order valence-corrected chi connectivity index (χ2v) is 4.41. The highest BCUT2D eigenvalue weighted by Crippen LogP contribution is 2.02. The van der Waals surface area contributed by atoms with E-state index in [1.54, 1.807) is 0 Å². The molecule has 1 aliphatic heterocycles. The predicted octanol–water partition coefficient (Wildman–Crippen LogP) is -0.0313. The van der Waals surface area contributed by atoms with Crippen LogP contribution in [0.25, 0.3) is 0 Å². The molecular weight excluding hydrogens is 220 g/mol. The summed E-state index contributed by atoms with van der Waals surface area (Å²) in [4.78, 5) is 3.98. The zero-order valence-corrected chi connectivity index (χ0v) is 10.2. The third-order valence-corrected chi connectivity index (χ3v) is 2.88. The Morgan fingerprint density at radius 2 is 2.59 bits per heavy atom. The lowest BCUT2D eigenvalue weighted by Gasteiger charge is -2.26. The predicted molar refractivity (Wildman–Crippen MR) is 62.7 cm³/mol. The van der Waals surface area contributed by atoms with Crippen LogP contribution in [0.1, 0.15) is 19.2 Å². The van der Waals surface area contributed by atoms with Gasteiger partial charge in [0.25, 0.3) is 0 Å². The minimum atomic E-state index is 0.459. The molecule has 1 aliphatic rings. The van der Waals surface area contributed by atoms with Crippen LogP contribution in [0.2, 0.25) is 0 Å². The number of nitrogens with zero attached hydrogens (tertiary/aromatic N) is 2. The largest absolute Gasteiger partial charge is 0.379 e. The first-order valence-corrected chi connectivity index (χ1v) is 6.14. The third kappa shape index (κ3) is 4.41. The van der Waals surface area contributed by atoms with Crippen molar-refractivity contribution in [1.82, 2.24) is 20.8 Å². The monoisotopic (exact) mass is 240 g/mol. The van der Waals surface area contributed by atoms with Crippen LogP contribution in [0.3, 0.4) is 0 Å². The quantitative estimate of drug-likeness (QED) is 0.727. The minimum absolute atomic E-state index is 0.459. The fourth-order valence-electron chi connectivity index (χ4n) is 2.01. The van der Waals surface area contributed by atoms with E-state index in [-0.39, 0.29) is 0 Å². The third-order valence-electron chi connectivity index (χ3n) is 2.88. The van der Waals surface area contributed by atoms with Crippen molar-refractivity contribution < 1.29 is 9.26 Å². The Hall–Kier alpha value is -0.980. The first-order valence-electron chi connectivity index (χ1n) is 6.14. The maximum atomic E-state index is 5.42. The van der Waals surface area contributed by atoms with E-state index in [4.69, 9.17) is 4.74 Å². The summed E-state index contributed by atoms with van der Waals surface area (Å²) >= 11 is 0. The number of nitrogens with one attached hydrogen (secondary N) is 2. The Kier molecular flexibility index (Phi) is 4.90.